The average Bonchev–Trinajstić information content (AvgIpc) is 2.78. The fourth-order valence-corrected chi connectivity index (χ4v) is 2.55. The number of aromatic nitrogens is 3. The van der Waals surface area contributed by atoms with E-state index in [0.29, 0.717) is 29.5 Å². The van der Waals surface area contributed by atoms with E-state index in [4.69, 9.17) is 14.3 Å². The van der Waals surface area contributed by atoms with Crippen LogP contribution in [-0.2, 0) is 11.4 Å². The van der Waals surface area contributed by atoms with Gasteiger partial charge in [-0.3, -0.25) is 14.6 Å². The van der Waals surface area contributed by atoms with Crippen LogP contribution in [0.1, 0.15) is 23.0 Å². The van der Waals surface area contributed by atoms with Crippen molar-refractivity contribution in [2.24, 2.45) is 0 Å². The first-order valence-electron chi connectivity index (χ1n) is 9.16. The van der Waals surface area contributed by atoms with E-state index in [1.54, 1.807) is 18.3 Å². The van der Waals surface area contributed by atoms with Crippen molar-refractivity contribution in [2.45, 2.75) is 13.5 Å². The van der Waals surface area contributed by atoms with Gasteiger partial charge in [0.15, 0.2) is 0 Å². The first-order valence-corrected chi connectivity index (χ1v) is 9.16. The van der Waals surface area contributed by atoms with Crippen LogP contribution in [-0.4, -0.2) is 46.7 Å². The fraction of sp³-hybridized carbons (Fsp3) is 0.238. The van der Waals surface area contributed by atoms with Gasteiger partial charge < -0.3 is 9.47 Å². The van der Waals surface area contributed by atoms with Crippen molar-refractivity contribution in [1.29, 1.82) is 0 Å². The van der Waals surface area contributed by atoms with Gasteiger partial charge in [-0.05, 0) is 31.2 Å². The van der Waals surface area contributed by atoms with Crippen LogP contribution in [0.25, 0.3) is 11.3 Å². The highest BCUT2D eigenvalue weighted by molar-refractivity contribution is 5.91. The topological polar surface area (TPSA) is 86.7 Å². The van der Waals surface area contributed by atoms with E-state index in [1.165, 1.54) is 44.8 Å². The van der Waals surface area contributed by atoms with Gasteiger partial charge in [0.1, 0.15) is 23.9 Å². The minimum absolute atomic E-state index is 0.0787. The molecule has 0 bridgehead atoms. The van der Waals surface area contributed by atoms with Crippen LogP contribution in [0.3, 0.4) is 0 Å². The van der Waals surface area contributed by atoms with E-state index >= 15 is 0 Å². The summed E-state index contributed by atoms with van der Waals surface area (Å²) in [6.07, 6.45) is 4.45. The molecule has 0 spiro atoms. The molecule has 0 N–H and O–H groups in total. The van der Waals surface area contributed by atoms with Gasteiger partial charge in [0.05, 0.1) is 31.8 Å². The lowest BCUT2D eigenvalue weighted by Crippen LogP contribution is -2.28. The van der Waals surface area contributed by atoms with Gasteiger partial charge >= 0.3 is 0 Å². The van der Waals surface area contributed by atoms with Gasteiger partial charge in [-0.2, -0.15) is 0 Å². The summed E-state index contributed by atoms with van der Waals surface area (Å²) >= 11 is 0. The monoisotopic (exact) mass is 412 g/mol. The van der Waals surface area contributed by atoms with Crippen LogP contribution in [0.15, 0.2) is 48.9 Å². The SMILES string of the molecule is CCOc1ccc(-c2cncc(C(=O)N(C)OCc3cc(OC)ccc3F)n2)cn1. The third-order valence-corrected chi connectivity index (χ3v) is 4.13. The summed E-state index contributed by atoms with van der Waals surface area (Å²) in [6.45, 7) is 2.24. The summed E-state index contributed by atoms with van der Waals surface area (Å²) in [6, 6.07) is 7.78. The number of amides is 1. The van der Waals surface area contributed by atoms with E-state index in [1.807, 2.05) is 6.92 Å². The Morgan fingerprint density at radius 1 is 1.17 bits per heavy atom. The summed E-state index contributed by atoms with van der Waals surface area (Å²) in [7, 11) is 2.91. The molecule has 0 radical (unpaired) electrons. The number of nitrogens with zero attached hydrogens (tertiary/aromatic N) is 4. The highest BCUT2D eigenvalue weighted by atomic mass is 19.1. The minimum Gasteiger partial charge on any atom is -0.497 e. The lowest BCUT2D eigenvalue weighted by Gasteiger charge is -2.17. The van der Waals surface area contributed by atoms with Crippen LogP contribution in [0, 0.1) is 5.82 Å². The zero-order valence-corrected chi connectivity index (χ0v) is 16.8. The van der Waals surface area contributed by atoms with Crippen LogP contribution >= 0.6 is 0 Å². The number of hydrogen-bond donors (Lipinski definition) is 0. The number of hydroxylamine groups is 2. The molecular formula is C21H21FN4O4. The third-order valence-electron chi connectivity index (χ3n) is 4.13. The second-order valence-electron chi connectivity index (χ2n) is 6.14. The second kappa shape index (κ2) is 9.75. The van der Waals surface area contributed by atoms with E-state index < -0.39 is 11.7 Å². The van der Waals surface area contributed by atoms with Gasteiger partial charge in [-0.25, -0.2) is 19.4 Å². The molecule has 156 valence electrons. The molecule has 0 fully saturated rings. The van der Waals surface area contributed by atoms with Crippen LogP contribution in [0.4, 0.5) is 4.39 Å². The molecule has 0 saturated heterocycles. The van der Waals surface area contributed by atoms with Crippen molar-refractivity contribution in [3.8, 4) is 22.9 Å². The molecule has 30 heavy (non-hydrogen) atoms. The molecular weight excluding hydrogens is 391 g/mol. The quantitative estimate of drug-likeness (QED) is 0.525. The molecule has 9 heteroatoms. The smallest absolute Gasteiger partial charge is 0.297 e. The van der Waals surface area contributed by atoms with E-state index in [9.17, 15) is 9.18 Å². The number of pyridine rings is 1. The Morgan fingerprint density at radius 2 is 2.00 bits per heavy atom. The Hall–Kier alpha value is -3.59. The van der Waals surface area contributed by atoms with Crippen molar-refractivity contribution in [3.63, 3.8) is 0 Å². The summed E-state index contributed by atoms with van der Waals surface area (Å²) in [4.78, 5) is 30.6. The minimum atomic E-state index is -0.522. The lowest BCUT2D eigenvalue weighted by atomic mass is 10.2. The van der Waals surface area contributed by atoms with Crippen molar-refractivity contribution in [2.75, 3.05) is 20.8 Å². The number of methoxy groups -OCH3 is 1. The Labute approximate surface area is 173 Å². The lowest BCUT2D eigenvalue weighted by molar-refractivity contribution is -0.117. The van der Waals surface area contributed by atoms with Crippen LogP contribution < -0.4 is 9.47 Å². The number of rotatable bonds is 8. The summed E-state index contributed by atoms with van der Waals surface area (Å²) in [5, 5.41) is 0.989. The molecule has 2 aromatic heterocycles. The van der Waals surface area contributed by atoms with Gasteiger partial charge in [0, 0.05) is 30.4 Å². The molecule has 0 saturated carbocycles. The highest BCUT2D eigenvalue weighted by Gasteiger charge is 2.17. The standard InChI is InChI=1S/C21H21FN4O4/c1-4-29-20-8-5-14(10-24-20)18-11-23-12-19(25-18)21(27)26(2)30-13-15-9-16(28-3)6-7-17(15)22/h5-12H,4,13H2,1-3H3. The van der Waals surface area contributed by atoms with Crippen LogP contribution in [0.2, 0.25) is 0 Å². The predicted molar refractivity (Wildman–Crippen MR) is 106 cm³/mol. The molecule has 0 aliphatic rings. The number of halogens is 1. The molecule has 0 atom stereocenters. The van der Waals surface area contributed by atoms with Crippen molar-refractivity contribution in [3.05, 3.63) is 66.0 Å². The van der Waals surface area contributed by atoms with Gasteiger partial charge in [-0.15, -0.1) is 0 Å². The number of benzene rings is 1. The maximum atomic E-state index is 13.9. The molecule has 2 heterocycles. The Balaban J connectivity index is 1.69. The normalized spacial score (nSPS) is 10.5. The Kier molecular flexibility index (Phi) is 6.87. The van der Waals surface area contributed by atoms with Gasteiger partial charge in [0.25, 0.3) is 5.91 Å². The molecule has 8 nitrogen and oxygen atoms in total. The van der Waals surface area contributed by atoms with Gasteiger partial charge in [-0.1, -0.05) is 0 Å². The molecule has 0 aliphatic heterocycles. The van der Waals surface area contributed by atoms with Crippen LogP contribution in [0.5, 0.6) is 11.6 Å². The summed E-state index contributed by atoms with van der Waals surface area (Å²) in [5.74, 6) is 0.0128. The first kappa shape index (κ1) is 21.1. The molecule has 3 aromatic rings. The number of hydrogen-bond acceptors (Lipinski definition) is 7. The van der Waals surface area contributed by atoms with Crippen molar-refractivity contribution < 1.29 is 23.5 Å². The highest BCUT2D eigenvalue weighted by Crippen LogP contribution is 2.19. The maximum Gasteiger partial charge on any atom is 0.297 e. The largest absolute Gasteiger partial charge is 0.497 e. The maximum absolute atomic E-state index is 13.9. The molecule has 1 amide bonds. The number of ether oxygens (including phenoxy) is 2. The van der Waals surface area contributed by atoms with E-state index in [-0.39, 0.29) is 17.9 Å². The van der Waals surface area contributed by atoms with Crippen molar-refractivity contribution in [1.82, 2.24) is 20.0 Å². The molecule has 0 unspecified atom stereocenters. The zero-order valence-electron chi connectivity index (χ0n) is 16.8. The Bertz CT molecular complexity index is 1010. The molecule has 3 rings (SSSR count). The Morgan fingerprint density at radius 3 is 2.70 bits per heavy atom. The zero-order chi connectivity index (χ0) is 21.5. The summed E-state index contributed by atoms with van der Waals surface area (Å²) in [5.41, 5.74) is 1.50. The molecule has 1 aromatic carbocycles. The van der Waals surface area contributed by atoms with Gasteiger partial charge in [0.2, 0.25) is 5.88 Å². The second-order valence-corrected chi connectivity index (χ2v) is 6.14. The number of carbonyl (C=O) groups is 1. The third kappa shape index (κ3) is 5.06. The van der Waals surface area contributed by atoms with Crippen molar-refractivity contribution >= 4 is 5.91 Å². The van der Waals surface area contributed by atoms with E-state index in [0.717, 1.165) is 5.06 Å². The summed E-state index contributed by atoms with van der Waals surface area (Å²) < 4.78 is 24.3. The van der Waals surface area contributed by atoms with E-state index in [2.05, 4.69) is 15.0 Å². The number of carbonyl (C=O) groups excluding carboxylic acids is 1. The fourth-order valence-electron chi connectivity index (χ4n) is 2.55. The molecule has 0 aliphatic carbocycles. The predicted octanol–water partition coefficient (Wildman–Crippen LogP) is 3.29. The first-order chi connectivity index (χ1) is 14.5. The average molecular weight is 412 g/mol.